The molecule has 0 spiro atoms. The maximum Gasteiger partial charge on any atom is 0.324 e. The molecule has 57 heavy (non-hydrogen) atoms. The Labute approximate surface area is 337 Å². The molecule has 12 nitrogen and oxygen atoms in total. The number of hydrogen-bond donors (Lipinski definition) is 2. The molecule has 1 saturated carbocycles. The van der Waals surface area contributed by atoms with Crippen LogP contribution >= 0.6 is 11.3 Å². The Balaban J connectivity index is 1.20. The van der Waals surface area contributed by atoms with Gasteiger partial charge in [-0.15, -0.1) is 11.3 Å². The van der Waals surface area contributed by atoms with E-state index >= 15 is 0 Å². The number of fused-ring (bicyclic) bond motifs is 6. The van der Waals surface area contributed by atoms with E-state index < -0.39 is 23.5 Å². The van der Waals surface area contributed by atoms with Crippen molar-refractivity contribution in [2.45, 2.75) is 91.0 Å². The van der Waals surface area contributed by atoms with E-state index in [4.69, 9.17) is 19.4 Å². The average Bonchev–Trinajstić information content (AvgIpc) is 3.52. The Morgan fingerprint density at radius 3 is 2.74 bits per heavy atom. The van der Waals surface area contributed by atoms with Gasteiger partial charge in [0, 0.05) is 89.4 Å². The lowest BCUT2D eigenvalue weighted by Crippen LogP contribution is -2.60. The standard InChI is InChI=1S/C44H51N7O5S/c1-7-50-35-16-15-27-20-29(35)30(40(50)28-12-10-18-46-39(28)26(3)55-6)22-44(4,5)24-56-43(54)32-14-11-19-51(49-32)42(53)33(21-36-47-34(27)23-57-36)48-41(52)38-25(2)37(38)31-13-8-9-17-45-31/h8-10,12-13,15-18,20,23,25-26,32-33,37-38,49H,7,11,14,19,21-22,24H2,1-6H3,(H,48,52)/t25-,26+,32+,33+,37+,38-/m1/s1. The summed E-state index contributed by atoms with van der Waals surface area (Å²) in [5.41, 5.74) is 10.5. The first-order valence-electron chi connectivity index (χ1n) is 20.0. The predicted molar refractivity (Wildman–Crippen MR) is 219 cm³/mol. The van der Waals surface area contributed by atoms with Crippen LogP contribution in [0.2, 0.25) is 0 Å². The number of benzene rings is 1. The fraction of sp³-hybridized carbons (Fsp3) is 0.455. The number of cyclic esters (lactones) is 1. The Morgan fingerprint density at radius 1 is 1.14 bits per heavy atom. The molecule has 2 amide bonds. The predicted octanol–water partition coefficient (Wildman–Crippen LogP) is 6.65. The molecular formula is C44H51N7O5S. The molecule has 6 heterocycles. The van der Waals surface area contributed by atoms with Crippen molar-refractivity contribution < 1.29 is 23.9 Å². The highest BCUT2D eigenvalue weighted by Crippen LogP contribution is 2.53. The molecule has 0 radical (unpaired) electrons. The van der Waals surface area contributed by atoms with Crippen molar-refractivity contribution in [1.29, 1.82) is 0 Å². The van der Waals surface area contributed by atoms with Crippen molar-refractivity contribution in [3.8, 4) is 22.5 Å². The molecule has 4 aromatic heterocycles. The fourth-order valence-corrected chi connectivity index (χ4v) is 9.57. The minimum atomic E-state index is -0.896. The third kappa shape index (κ3) is 7.60. The minimum absolute atomic E-state index is 0.0143. The number of carbonyl (C=O) groups excluding carboxylic acids is 3. The summed E-state index contributed by atoms with van der Waals surface area (Å²) in [4.78, 5) is 56.4. The second-order valence-corrected chi connectivity index (χ2v) is 17.4. The Morgan fingerprint density at radius 2 is 1.96 bits per heavy atom. The van der Waals surface area contributed by atoms with Crippen LogP contribution in [-0.2, 0) is 43.2 Å². The zero-order valence-electron chi connectivity index (χ0n) is 33.5. The SMILES string of the molecule is CCn1c(-c2cccnc2[C@H](C)OC)c2c3cc(ccc31)-c1csc(n1)C[C@H](NC(=O)[C@@H]1[C@H](C)[C@H]1c1ccccn1)C(=O)N1CCC[C@H](N1)C(=O)OCC(C)(C)C2. The van der Waals surface area contributed by atoms with Gasteiger partial charge in [-0.2, -0.15) is 0 Å². The summed E-state index contributed by atoms with van der Waals surface area (Å²) in [7, 11) is 1.70. The van der Waals surface area contributed by atoms with Gasteiger partial charge in [-0.05, 0) is 81.0 Å². The van der Waals surface area contributed by atoms with Crippen LogP contribution in [0.5, 0.6) is 0 Å². The molecule has 1 aromatic carbocycles. The van der Waals surface area contributed by atoms with Gasteiger partial charge in [0.25, 0.3) is 5.91 Å². The molecular weight excluding hydrogens is 739 g/mol. The van der Waals surface area contributed by atoms with Crippen molar-refractivity contribution in [1.82, 2.24) is 35.3 Å². The number of ether oxygens (including phenoxy) is 2. The summed E-state index contributed by atoms with van der Waals surface area (Å²) in [5, 5.41) is 8.44. The third-order valence-corrected chi connectivity index (χ3v) is 12.7. The number of carbonyl (C=O) groups is 3. The number of thiazole rings is 1. The summed E-state index contributed by atoms with van der Waals surface area (Å²) in [5.74, 6) is -1.11. The van der Waals surface area contributed by atoms with Crippen molar-refractivity contribution in [3.63, 3.8) is 0 Å². The highest BCUT2D eigenvalue weighted by molar-refractivity contribution is 7.10. The summed E-state index contributed by atoms with van der Waals surface area (Å²) < 4.78 is 14.2. The van der Waals surface area contributed by atoms with Crippen molar-refractivity contribution >= 4 is 40.0 Å². The van der Waals surface area contributed by atoms with Gasteiger partial charge in [0.1, 0.15) is 12.1 Å². The molecule has 2 N–H and O–H groups in total. The number of aryl methyl sites for hydroxylation is 1. The molecule has 6 atom stereocenters. The Kier molecular flexibility index (Phi) is 10.7. The van der Waals surface area contributed by atoms with Crippen LogP contribution in [-0.4, -0.2) is 74.7 Å². The van der Waals surface area contributed by atoms with E-state index in [0.717, 1.165) is 61.9 Å². The van der Waals surface area contributed by atoms with E-state index in [1.54, 1.807) is 19.5 Å². The van der Waals surface area contributed by atoms with Gasteiger partial charge in [-0.1, -0.05) is 32.9 Å². The topological polar surface area (TPSA) is 141 Å². The zero-order chi connectivity index (χ0) is 40.0. The van der Waals surface area contributed by atoms with Gasteiger partial charge in [-0.25, -0.2) is 10.4 Å². The molecule has 3 aliphatic rings. The highest BCUT2D eigenvalue weighted by atomic mass is 32.1. The molecule has 1 aliphatic carbocycles. The summed E-state index contributed by atoms with van der Waals surface area (Å²) in [6, 6.07) is 14.7. The maximum atomic E-state index is 14.3. The molecule has 8 rings (SSSR count). The smallest absolute Gasteiger partial charge is 0.324 e. The van der Waals surface area contributed by atoms with Crippen LogP contribution in [0.1, 0.15) is 81.4 Å². The largest absolute Gasteiger partial charge is 0.464 e. The maximum absolute atomic E-state index is 14.3. The lowest BCUT2D eigenvalue weighted by atomic mass is 9.84. The Hall–Kier alpha value is -4.98. The minimum Gasteiger partial charge on any atom is -0.464 e. The molecule has 1 saturated heterocycles. The molecule has 5 aromatic rings. The number of hydrogen-bond acceptors (Lipinski definition) is 10. The normalized spacial score (nSPS) is 24.1. The number of amides is 2. The molecule has 298 valence electrons. The highest BCUT2D eigenvalue weighted by Gasteiger charge is 2.54. The fourth-order valence-electron chi connectivity index (χ4n) is 8.72. The lowest BCUT2D eigenvalue weighted by molar-refractivity contribution is -0.155. The van der Waals surface area contributed by atoms with E-state index in [0.29, 0.717) is 25.8 Å². The lowest BCUT2D eigenvalue weighted by Gasteiger charge is -2.35. The third-order valence-electron chi connectivity index (χ3n) is 11.9. The average molecular weight is 790 g/mol. The van der Waals surface area contributed by atoms with Crippen molar-refractivity contribution in [2.24, 2.45) is 17.3 Å². The van der Waals surface area contributed by atoms with Crippen LogP contribution in [0.15, 0.2) is 66.3 Å². The van der Waals surface area contributed by atoms with Gasteiger partial charge < -0.3 is 19.4 Å². The van der Waals surface area contributed by atoms with E-state index in [2.05, 4.69) is 65.3 Å². The van der Waals surface area contributed by atoms with Crippen molar-refractivity contribution in [3.05, 3.63) is 88.3 Å². The number of pyridine rings is 2. The second kappa shape index (κ2) is 15.8. The first-order chi connectivity index (χ1) is 27.5. The van der Waals surface area contributed by atoms with E-state index in [9.17, 15) is 14.4 Å². The van der Waals surface area contributed by atoms with Gasteiger partial charge in [0.15, 0.2) is 0 Å². The molecule has 2 aliphatic heterocycles. The molecule has 2 fully saturated rings. The van der Waals surface area contributed by atoms with E-state index in [1.807, 2.05) is 43.5 Å². The van der Waals surface area contributed by atoms with Crippen LogP contribution in [0.3, 0.4) is 0 Å². The van der Waals surface area contributed by atoms with E-state index in [1.165, 1.54) is 16.3 Å². The molecule has 0 unspecified atom stereocenters. The number of rotatable bonds is 7. The summed E-state index contributed by atoms with van der Waals surface area (Å²) in [6.45, 7) is 11.7. The quantitative estimate of drug-likeness (QED) is 0.174. The number of nitrogens with zero attached hydrogens (tertiary/aromatic N) is 5. The monoisotopic (exact) mass is 789 g/mol. The first kappa shape index (κ1) is 38.9. The van der Waals surface area contributed by atoms with Crippen molar-refractivity contribution in [2.75, 3.05) is 20.3 Å². The molecule has 6 bridgehead atoms. The van der Waals surface area contributed by atoms with Gasteiger partial charge in [-0.3, -0.25) is 29.4 Å². The van der Waals surface area contributed by atoms with Gasteiger partial charge in [0.05, 0.1) is 34.8 Å². The van der Waals surface area contributed by atoms with Crippen LogP contribution in [0.4, 0.5) is 0 Å². The number of hydrazine groups is 1. The number of nitrogens with one attached hydrogen (secondary N) is 2. The van der Waals surface area contributed by atoms with E-state index in [-0.39, 0.29) is 48.7 Å². The number of methoxy groups -OCH3 is 1. The van der Waals surface area contributed by atoms with Crippen LogP contribution in [0.25, 0.3) is 33.4 Å². The number of aromatic nitrogens is 4. The summed E-state index contributed by atoms with van der Waals surface area (Å²) >= 11 is 1.47. The zero-order valence-corrected chi connectivity index (χ0v) is 34.3. The van der Waals surface area contributed by atoms with Gasteiger partial charge >= 0.3 is 5.97 Å². The Bertz CT molecular complexity index is 2300. The van der Waals surface area contributed by atoms with Crippen LogP contribution in [0, 0.1) is 17.3 Å². The van der Waals surface area contributed by atoms with Gasteiger partial charge in [0.2, 0.25) is 5.91 Å². The number of esters is 1. The van der Waals surface area contributed by atoms with Crippen LogP contribution < -0.4 is 10.7 Å². The first-order valence-corrected chi connectivity index (χ1v) is 20.9. The summed E-state index contributed by atoms with van der Waals surface area (Å²) in [6.07, 6.45) is 5.28. The molecule has 13 heteroatoms. The second-order valence-electron chi connectivity index (χ2n) is 16.4.